The molecule has 1 saturated heterocycles. The Morgan fingerprint density at radius 2 is 1.69 bits per heavy atom. The number of hydrogen-bond donors (Lipinski definition) is 0. The lowest BCUT2D eigenvalue weighted by Gasteiger charge is -2.37. The Bertz CT molecular complexity index is 850. The maximum absolute atomic E-state index is 5.50. The van der Waals surface area contributed by atoms with Crippen molar-refractivity contribution < 1.29 is 9.47 Å². The van der Waals surface area contributed by atoms with Crippen molar-refractivity contribution in [2.24, 2.45) is 4.99 Å². The number of piperazine rings is 1. The zero-order chi connectivity index (χ0) is 20.1. The van der Waals surface area contributed by atoms with E-state index in [9.17, 15) is 0 Å². The summed E-state index contributed by atoms with van der Waals surface area (Å²) in [6, 6.07) is 17.1. The van der Waals surface area contributed by atoms with Gasteiger partial charge >= 0.3 is 0 Å². The molecule has 2 heterocycles. The molecule has 2 aromatic rings. The molecule has 0 N–H and O–H groups in total. The average molecular weight is 412 g/mol. The molecule has 1 atom stereocenters. The van der Waals surface area contributed by atoms with Crippen molar-refractivity contribution in [2.45, 2.75) is 22.3 Å². The molecule has 4 rings (SSSR count). The van der Waals surface area contributed by atoms with Gasteiger partial charge in [-0.15, -0.1) is 0 Å². The second-order valence-electron chi connectivity index (χ2n) is 7.43. The van der Waals surface area contributed by atoms with Gasteiger partial charge in [0.1, 0.15) is 5.84 Å². The number of methoxy groups -OCH3 is 2. The topological polar surface area (TPSA) is 37.3 Å². The van der Waals surface area contributed by atoms with E-state index in [2.05, 4.69) is 58.3 Å². The Balaban J connectivity index is 1.47. The Morgan fingerprint density at radius 1 is 0.966 bits per heavy atom. The highest BCUT2D eigenvalue weighted by molar-refractivity contribution is 7.99. The number of hydrogen-bond acceptors (Lipinski definition) is 6. The third-order valence-electron chi connectivity index (χ3n) is 5.56. The fourth-order valence-electron chi connectivity index (χ4n) is 3.88. The summed E-state index contributed by atoms with van der Waals surface area (Å²) in [6.07, 6.45) is 1.17. The van der Waals surface area contributed by atoms with Gasteiger partial charge in [-0.1, -0.05) is 42.1 Å². The number of rotatable bonds is 6. The van der Waals surface area contributed by atoms with E-state index in [1.165, 1.54) is 15.4 Å². The van der Waals surface area contributed by atoms with Gasteiger partial charge < -0.3 is 14.4 Å². The monoisotopic (exact) mass is 411 g/mol. The summed E-state index contributed by atoms with van der Waals surface area (Å²) in [4.78, 5) is 12.6. The van der Waals surface area contributed by atoms with Gasteiger partial charge in [0.25, 0.3) is 0 Å². The highest BCUT2D eigenvalue weighted by Crippen LogP contribution is 2.40. The van der Waals surface area contributed by atoms with Crippen molar-refractivity contribution in [3.05, 3.63) is 54.1 Å². The van der Waals surface area contributed by atoms with Crippen molar-refractivity contribution in [3.63, 3.8) is 0 Å². The SMILES string of the molecule is COCC(CCN1CCN(C2=Nc3ccccc3Sc3ccccc32)CC1)OC. The molecule has 0 aliphatic carbocycles. The van der Waals surface area contributed by atoms with Gasteiger partial charge in [0.2, 0.25) is 0 Å². The normalized spacial score (nSPS) is 17.9. The van der Waals surface area contributed by atoms with Crippen molar-refractivity contribution in [2.75, 3.05) is 53.6 Å². The number of fused-ring (bicyclic) bond motifs is 2. The molecule has 1 fully saturated rings. The van der Waals surface area contributed by atoms with Crippen LogP contribution in [0.4, 0.5) is 5.69 Å². The molecule has 0 aromatic heterocycles. The van der Waals surface area contributed by atoms with Crippen LogP contribution in [0.2, 0.25) is 0 Å². The fourth-order valence-corrected chi connectivity index (χ4v) is 4.89. The van der Waals surface area contributed by atoms with E-state index < -0.39 is 0 Å². The van der Waals surface area contributed by atoms with Gasteiger partial charge in [-0.05, 0) is 24.6 Å². The third-order valence-corrected chi connectivity index (χ3v) is 6.71. The van der Waals surface area contributed by atoms with Gasteiger partial charge in [-0.2, -0.15) is 0 Å². The quantitative estimate of drug-likeness (QED) is 0.721. The van der Waals surface area contributed by atoms with E-state index in [1.807, 2.05) is 11.8 Å². The van der Waals surface area contributed by atoms with Gasteiger partial charge in [-0.3, -0.25) is 4.90 Å². The van der Waals surface area contributed by atoms with Crippen LogP contribution < -0.4 is 0 Å². The minimum atomic E-state index is 0.171. The Hall–Kier alpha value is -1.86. The molecular formula is C23H29N3O2S. The second-order valence-corrected chi connectivity index (χ2v) is 8.52. The number of benzene rings is 2. The summed E-state index contributed by atoms with van der Waals surface area (Å²) < 4.78 is 10.7. The van der Waals surface area contributed by atoms with Crippen LogP contribution in [0, 0.1) is 0 Å². The van der Waals surface area contributed by atoms with Crippen molar-refractivity contribution >= 4 is 23.3 Å². The maximum Gasteiger partial charge on any atom is 0.137 e. The molecule has 0 bridgehead atoms. The lowest BCUT2D eigenvalue weighted by Crippen LogP contribution is -2.49. The van der Waals surface area contributed by atoms with Crippen LogP contribution in [-0.2, 0) is 9.47 Å². The summed E-state index contributed by atoms with van der Waals surface area (Å²) in [6.45, 7) is 5.75. The van der Waals surface area contributed by atoms with Crippen molar-refractivity contribution in [3.8, 4) is 0 Å². The molecule has 0 radical (unpaired) electrons. The van der Waals surface area contributed by atoms with E-state index in [4.69, 9.17) is 14.5 Å². The van der Waals surface area contributed by atoms with Gasteiger partial charge in [0.05, 0.1) is 18.4 Å². The van der Waals surface area contributed by atoms with Crippen molar-refractivity contribution in [1.29, 1.82) is 0 Å². The molecule has 2 aromatic carbocycles. The van der Waals surface area contributed by atoms with Gasteiger partial charge in [-0.25, -0.2) is 4.99 Å². The van der Waals surface area contributed by atoms with Gasteiger partial charge in [0, 0.05) is 62.3 Å². The summed E-state index contributed by atoms with van der Waals surface area (Å²) in [7, 11) is 3.49. The standard InChI is InChI=1S/C23H29N3O2S/c1-27-17-18(28-2)11-12-25-13-15-26(16-14-25)23-19-7-3-5-9-21(19)29-22-10-6-4-8-20(22)24-23/h3-10,18H,11-17H2,1-2H3. The number of aliphatic imine (C=N–C) groups is 1. The Morgan fingerprint density at radius 3 is 2.45 bits per heavy atom. The molecule has 0 spiro atoms. The molecule has 154 valence electrons. The van der Waals surface area contributed by atoms with Crippen LogP contribution in [0.3, 0.4) is 0 Å². The zero-order valence-corrected chi connectivity index (χ0v) is 18.0. The van der Waals surface area contributed by atoms with Crippen LogP contribution in [0.1, 0.15) is 12.0 Å². The molecule has 6 heteroatoms. The fraction of sp³-hybridized carbons (Fsp3) is 0.435. The number of amidine groups is 1. The van der Waals surface area contributed by atoms with E-state index >= 15 is 0 Å². The molecule has 0 amide bonds. The molecule has 5 nitrogen and oxygen atoms in total. The van der Waals surface area contributed by atoms with E-state index in [0.29, 0.717) is 6.61 Å². The number of para-hydroxylation sites is 1. The number of ether oxygens (including phenoxy) is 2. The summed E-state index contributed by atoms with van der Waals surface area (Å²) >= 11 is 1.81. The van der Waals surface area contributed by atoms with Crippen molar-refractivity contribution in [1.82, 2.24) is 9.80 Å². The first-order valence-corrected chi connectivity index (χ1v) is 11.0. The summed E-state index contributed by atoms with van der Waals surface area (Å²) in [5.74, 6) is 1.10. The van der Waals surface area contributed by atoms with E-state index in [-0.39, 0.29) is 6.10 Å². The van der Waals surface area contributed by atoms with Crippen LogP contribution in [0.25, 0.3) is 0 Å². The first kappa shape index (κ1) is 20.4. The molecule has 2 aliphatic rings. The molecule has 2 aliphatic heterocycles. The lowest BCUT2D eigenvalue weighted by atomic mass is 10.1. The van der Waals surface area contributed by atoms with Crippen LogP contribution in [0.15, 0.2) is 63.3 Å². The van der Waals surface area contributed by atoms with Crippen LogP contribution >= 0.6 is 11.8 Å². The van der Waals surface area contributed by atoms with E-state index in [1.54, 1.807) is 14.2 Å². The molecule has 1 unspecified atom stereocenters. The molecule has 29 heavy (non-hydrogen) atoms. The van der Waals surface area contributed by atoms with E-state index in [0.717, 1.165) is 50.7 Å². The number of nitrogens with zero attached hydrogens (tertiary/aromatic N) is 3. The van der Waals surface area contributed by atoms with Crippen LogP contribution in [0.5, 0.6) is 0 Å². The predicted octanol–water partition coefficient (Wildman–Crippen LogP) is 3.90. The predicted molar refractivity (Wildman–Crippen MR) is 119 cm³/mol. The lowest BCUT2D eigenvalue weighted by molar-refractivity contribution is 0.0156. The van der Waals surface area contributed by atoms with Crippen LogP contribution in [-0.4, -0.2) is 75.3 Å². The highest BCUT2D eigenvalue weighted by Gasteiger charge is 2.25. The highest BCUT2D eigenvalue weighted by atomic mass is 32.2. The molecular weight excluding hydrogens is 382 g/mol. The van der Waals surface area contributed by atoms with Gasteiger partial charge in [0.15, 0.2) is 0 Å². The Labute approximate surface area is 177 Å². The molecule has 0 saturated carbocycles. The first-order chi connectivity index (χ1) is 14.3. The largest absolute Gasteiger partial charge is 0.382 e. The third kappa shape index (κ3) is 4.83. The minimum Gasteiger partial charge on any atom is -0.382 e. The Kier molecular flexibility index (Phi) is 6.87. The first-order valence-electron chi connectivity index (χ1n) is 10.2. The minimum absolute atomic E-state index is 0.171. The summed E-state index contributed by atoms with van der Waals surface area (Å²) in [5.41, 5.74) is 2.30. The maximum atomic E-state index is 5.50. The average Bonchev–Trinajstić information content (AvgIpc) is 2.94. The summed E-state index contributed by atoms with van der Waals surface area (Å²) in [5, 5.41) is 0. The zero-order valence-electron chi connectivity index (χ0n) is 17.2. The second kappa shape index (κ2) is 9.76. The smallest absolute Gasteiger partial charge is 0.137 e.